The van der Waals surface area contributed by atoms with E-state index < -0.39 is 34.9 Å². The van der Waals surface area contributed by atoms with Crippen LogP contribution in [0.3, 0.4) is 0 Å². The predicted octanol–water partition coefficient (Wildman–Crippen LogP) is 8.85. The Morgan fingerprint density at radius 1 is 0.788 bits per heavy atom. The van der Waals surface area contributed by atoms with Crippen LogP contribution in [0.2, 0.25) is 5.02 Å². The summed E-state index contributed by atoms with van der Waals surface area (Å²) in [5.41, 5.74) is 0.259. The van der Waals surface area contributed by atoms with Gasteiger partial charge in [0.25, 0.3) is 0 Å². The van der Waals surface area contributed by atoms with Crippen molar-refractivity contribution < 1.29 is 26.7 Å². The molecule has 4 rings (SSSR count). The maximum absolute atomic E-state index is 14.6. The fourth-order valence-corrected chi connectivity index (χ4v) is 4.42. The Kier molecular flexibility index (Phi) is 6.66. The van der Waals surface area contributed by atoms with Crippen LogP contribution >= 0.6 is 11.6 Å². The lowest BCUT2D eigenvalue weighted by Gasteiger charge is -2.26. The highest BCUT2D eigenvalue weighted by Gasteiger charge is 2.41. The summed E-state index contributed by atoms with van der Waals surface area (Å²) in [6.07, 6.45) is 0.178. The van der Waals surface area contributed by atoms with E-state index >= 15 is 0 Å². The molecule has 0 unspecified atom stereocenters. The van der Waals surface area contributed by atoms with Crippen LogP contribution in [0.1, 0.15) is 49.7 Å². The molecule has 174 valence electrons. The summed E-state index contributed by atoms with van der Waals surface area (Å²) in [4.78, 5) is 0. The molecule has 0 bridgehead atoms. The Hall–Kier alpha value is -2.60. The summed E-state index contributed by atoms with van der Waals surface area (Å²) in [5, 5.41) is -0.295. The molecule has 3 aromatic carbocycles. The highest BCUT2D eigenvalue weighted by atomic mass is 35.5. The summed E-state index contributed by atoms with van der Waals surface area (Å²) in [6, 6.07) is 11.6. The van der Waals surface area contributed by atoms with Crippen molar-refractivity contribution in [2.24, 2.45) is 5.92 Å². The Labute approximate surface area is 194 Å². The number of alkyl halides is 2. The molecule has 0 radical (unpaired) electrons. The zero-order chi connectivity index (χ0) is 23.8. The van der Waals surface area contributed by atoms with Crippen molar-refractivity contribution in [2.75, 3.05) is 0 Å². The first kappa shape index (κ1) is 23.6. The quantitative estimate of drug-likeness (QED) is 0.331. The third kappa shape index (κ3) is 5.16. The van der Waals surface area contributed by atoms with E-state index in [1.54, 1.807) is 12.1 Å². The predicted molar refractivity (Wildman–Crippen MR) is 118 cm³/mol. The van der Waals surface area contributed by atoms with Gasteiger partial charge in [0.1, 0.15) is 28.8 Å². The topological polar surface area (TPSA) is 9.23 Å². The smallest absolute Gasteiger partial charge is 0.429 e. The number of rotatable bonds is 5. The van der Waals surface area contributed by atoms with Gasteiger partial charge >= 0.3 is 6.11 Å². The second kappa shape index (κ2) is 9.34. The molecular formula is C26H22ClF5O. The van der Waals surface area contributed by atoms with Crippen molar-refractivity contribution >= 4 is 11.6 Å². The van der Waals surface area contributed by atoms with Gasteiger partial charge in [0.2, 0.25) is 0 Å². The van der Waals surface area contributed by atoms with Gasteiger partial charge in [-0.3, -0.25) is 0 Å². The zero-order valence-electron chi connectivity index (χ0n) is 17.9. The van der Waals surface area contributed by atoms with E-state index in [9.17, 15) is 22.0 Å². The molecule has 0 spiro atoms. The fraction of sp³-hybridized carbons (Fsp3) is 0.308. The van der Waals surface area contributed by atoms with Gasteiger partial charge in [0.05, 0.1) is 5.02 Å². The van der Waals surface area contributed by atoms with Gasteiger partial charge in [0.15, 0.2) is 0 Å². The van der Waals surface area contributed by atoms with E-state index in [1.165, 1.54) is 18.4 Å². The molecule has 7 heteroatoms. The van der Waals surface area contributed by atoms with Gasteiger partial charge in [-0.2, -0.15) is 8.78 Å². The molecule has 1 aliphatic rings. The molecule has 3 aromatic rings. The first-order chi connectivity index (χ1) is 15.6. The summed E-state index contributed by atoms with van der Waals surface area (Å²) in [7, 11) is 0. The van der Waals surface area contributed by atoms with Crippen LogP contribution in [-0.4, -0.2) is 0 Å². The maximum atomic E-state index is 14.6. The highest BCUT2D eigenvalue weighted by molar-refractivity contribution is 6.30. The molecule has 0 saturated heterocycles. The molecule has 1 fully saturated rings. The first-order valence-corrected chi connectivity index (χ1v) is 11.1. The number of benzene rings is 3. The Bertz CT molecular complexity index is 1110. The summed E-state index contributed by atoms with van der Waals surface area (Å²) >= 11 is 5.52. The molecule has 0 atom stereocenters. The van der Waals surface area contributed by atoms with Gasteiger partial charge in [-0.15, -0.1) is 0 Å². The highest BCUT2D eigenvalue weighted by Crippen LogP contribution is 2.39. The monoisotopic (exact) mass is 480 g/mol. The molecule has 0 aliphatic heterocycles. The van der Waals surface area contributed by atoms with Gasteiger partial charge < -0.3 is 4.74 Å². The summed E-state index contributed by atoms with van der Waals surface area (Å²) < 4.78 is 76.3. The van der Waals surface area contributed by atoms with Crippen LogP contribution in [-0.2, 0) is 6.11 Å². The van der Waals surface area contributed by atoms with Crippen LogP contribution in [0.15, 0.2) is 54.6 Å². The lowest BCUT2D eigenvalue weighted by Crippen LogP contribution is -2.25. The lowest BCUT2D eigenvalue weighted by atomic mass is 9.79. The third-order valence-corrected chi connectivity index (χ3v) is 6.51. The zero-order valence-corrected chi connectivity index (χ0v) is 18.6. The van der Waals surface area contributed by atoms with Crippen molar-refractivity contribution in [3.8, 4) is 16.9 Å². The minimum absolute atomic E-state index is 0.130. The van der Waals surface area contributed by atoms with E-state index in [0.29, 0.717) is 17.5 Å². The van der Waals surface area contributed by atoms with E-state index in [4.69, 9.17) is 11.6 Å². The average Bonchev–Trinajstić information content (AvgIpc) is 2.76. The Morgan fingerprint density at radius 2 is 1.39 bits per heavy atom. The minimum atomic E-state index is -4.37. The molecule has 0 heterocycles. The Balaban J connectivity index is 1.57. The van der Waals surface area contributed by atoms with Crippen LogP contribution in [0.5, 0.6) is 5.75 Å². The van der Waals surface area contributed by atoms with E-state index in [0.717, 1.165) is 43.0 Å². The summed E-state index contributed by atoms with van der Waals surface area (Å²) in [5.74, 6) is -3.35. The van der Waals surface area contributed by atoms with E-state index in [-0.39, 0.29) is 10.6 Å². The van der Waals surface area contributed by atoms with Crippen molar-refractivity contribution in [2.45, 2.75) is 44.6 Å². The van der Waals surface area contributed by atoms with E-state index in [1.807, 2.05) is 12.1 Å². The molecule has 1 saturated carbocycles. The normalized spacial score (nSPS) is 18.9. The largest absolute Gasteiger partial charge is 0.432 e. The van der Waals surface area contributed by atoms with Crippen molar-refractivity contribution in [1.82, 2.24) is 0 Å². The average molecular weight is 481 g/mol. The molecule has 0 aromatic heterocycles. The lowest BCUT2D eigenvalue weighted by molar-refractivity contribution is -0.189. The summed E-state index contributed by atoms with van der Waals surface area (Å²) in [6.45, 7) is 2.24. The number of hydrogen-bond donors (Lipinski definition) is 0. The molecule has 33 heavy (non-hydrogen) atoms. The van der Waals surface area contributed by atoms with E-state index in [2.05, 4.69) is 11.7 Å². The van der Waals surface area contributed by atoms with Gasteiger partial charge in [-0.25, -0.2) is 13.2 Å². The maximum Gasteiger partial charge on any atom is 0.432 e. The van der Waals surface area contributed by atoms with Crippen LogP contribution < -0.4 is 4.74 Å². The van der Waals surface area contributed by atoms with Crippen LogP contribution in [0, 0.1) is 23.4 Å². The van der Waals surface area contributed by atoms with Crippen molar-refractivity contribution in [3.05, 3.63) is 88.2 Å². The van der Waals surface area contributed by atoms with Gasteiger partial charge in [-0.1, -0.05) is 55.6 Å². The number of hydrogen-bond acceptors (Lipinski definition) is 1. The van der Waals surface area contributed by atoms with Crippen molar-refractivity contribution in [3.63, 3.8) is 0 Å². The first-order valence-electron chi connectivity index (χ1n) is 10.8. The minimum Gasteiger partial charge on any atom is -0.429 e. The molecule has 0 amide bonds. The van der Waals surface area contributed by atoms with Crippen molar-refractivity contribution in [1.29, 1.82) is 0 Å². The number of halogens is 6. The second-order valence-corrected chi connectivity index (χ2v) is 9.00. The number of ether oxygens (including phenoxy) is 1. The van der Waals surface area contributed by atoms with Gasteiger partial charge in [0, 0.05) is 6.07 Å². The SMILES string of the molecule is CC1CCC(c2ccc(-c3cc(F)c(C(F)(F)Oc4ccc(Cl)c(F)c4)c(F)c3)cc2)CC1. The standard InChI is InChI=1S/C26H22ClF5O/c1-15-2-4-16(5-3-15)17-6-8-18(9-7-17)19-12-23(29)25(24(30)13-19)26(31,32)33-20-10-11-21(27)22(28)14-20/h6-16H,2-5H2,1H3. The van der Waals surface area contributed by atoms with Gasteiger partial charge in [-0.05, 0) is 65.6 Å². The molecule has 1 aliphatic carbocycles. The molecule has 0 N–H and O–H groups in total. The Morgan fingerprint density at radius 3 is 1.97 bits per heavy atom. The molecule has 1 nitrogen and oxygen atoms in total. The molecular weight excluding hydrogens is 459 g/mol. The third-order valence-electron chi connectivity index (χ3n) is 6.20. The van der Waals surface area contributed by atoms with Crippen LogP contribution in [0.4, 0.5) is 22.0 Å². The van der Waals surface area contributed by atoms with Crippen LogP contribution in [0.25, 0.3) is 11.1 Å². The second-order valence-electron chi connectivity index (χ2n) is 8.59. The fourth-order valence-electron chi connectivity index (χ4n) is 4.30.